The highest BCUT2D eigenvalue weighted by Crippen LogP contribution is 2.31. The number of carbonyl (C=O) groups is 1. The summed E-state index contributed by atoms with van der Waals surface area (Å²) in [6.45, 7) is 2.47. The van der Waals surface area contributed by atoms with Gasteiger partial charge < -0.3 is 10.1 Å². The molecule has 1 aliphatic rings. The van der Waals surface area contributed by atoms with Crippen LogP contribution in [-0.2, 0) is 0 Å². The van der Waals surface area contributed by atoms with E-state index in [-0.39, 0.29) is 16.0 Å². The Hall–Kier alpha value is -2.10. The highest BCUT2D eigenvalue weighted by molar-refractivity contribution is 8.15. The van der Waals surface area contributed by atoms with Crippen molar-refractivity contribution in [3.8, 4) is 5.75 Å². The van der Waals surface area contributed by atoms with E-state index in [1.807, 2.05) is 6.92 Å². The largest absolute Gasteiger partial charge is 0.573 e. The van der Waals surface area contributed by atoms with Crippen LogP contribution < -0.4 is 15.0 Å². The lowest BCUT2D eigenvalue weighted by atomic mass is 10.3. The Morgan fingerprint density at radius 2 is 1.90 bits per heavy atom. The molecule has 0 saturated heterocycles. The molecule has 2 aromatic rings. The van der Waals surface area contributed by atoms with Crippen molar-refractivity contribution in [2.75, 3.05) is 16.8 Å². The molecule has 3 rings (SSSR count). The molecule has 1 N–H and O–H groups in total. The van der Waals surface area contributed by atoms with Gasteiger partial charge in [0, 0.05) is 10.9 Å². The first-order valence-electron chi connectivity index (χ1n) is 8.25. The number of halogens is 5. The summed E-state index contributed by atoms with van der Waals surface area (Å²) in [5.41, 5.74) is 0.737. The summed E-state index contributed by atoms with van der Waals surface area (Å²) >= 11 is 13.3. The minimum atomic E-state index is -4.80. The molecule has 0 aromatic heterocycles. The van der Waals surface area contributed by atoms with Gasteiger partial charge in [-0.15, -0.1) is 13.2 Å². The number of amides is 2. The Morgan fingerprint density at radius 1 is 1.21 bits per heavy atom. The average molecular weight is 464 g/mol. The predicted molar refractivity (Wildman–Crippen MR) is 110 cm³/mol. The topological polar surface area (TPSA) is 53.9 Å². The molecule has 5 nitrogen and oxygen atoms in total. The van der Waals surface area contributed by atoms with Crippen LogP contribution in [0.2, 0.25) is 10.0 Å². The summed E-state index contributed by atoms with van der Waals surface area (Å²) in [4.78, 5) is 18.6. The van der Waals surface area contributed by atoms with Crippen LogP contribution in [0.4, 0.5) is 29.3 Å². The van der Waals surface area contributed by atoms with Gasteiger partial charge in [0.25, 0.3) is 0 Å². The van der Waals surface area contributed by atoms with E-state index in [1.165, 1.54) is 40.9 Å². The number of thioether (sulfide) groups is 1. The number of nitrogens with zero attached hydrogens (tertiary/aromatic N) is 2. The average Bonchev–Trinajstić information content (AvgIpc) is 3.04. The number of urea groups is 1. The molecular weight excluding hydrogens is 450 g/mol. The lowest BCUT2D eigenvalue weighted by Crippen LogP contribution is -2.38. The van der Waals surface area contributed by atoms with E-state index in [0.717, 1.165) is 12.1 Å². The van der Waals surface area contributed by atoms with E-state index in [4.69, 9.17) is 23.2 Å². The van der Waals surface area contributed by atoms with Gasteiger partial charge in [-0.1, -0.05) is 41.9 Å². The fourth-order valence-electron chi connectivity index (χ4n) is 2.45. The van der Waals surface area contributed by atoms with E-state index in [0.29, 0.717) is 28.1 Å². The summed E-state index contributed by atoms with van der Waals surface area (Å²) in [5.74, 6) is -0.388. The van der Waals surface area contributed by atoms with Gasteiger partial charge in [0.05, 0.1) is 22.3 Å². The van der Waals surface area contributed by atoms with E-state index in [1.54, 1.807) is 6.07 Å². The second-order valence-corrected chi connectivity index (χ2v) is 8.21. The monoisotopic (exact) mass is 463 g/mol. The third-order valence-electron chi connectivity index (χ3n) is 3.68. The fraction of sp³-hybridized carbons (Fsp3) is 0.222. The van der Waals surface area contributed by atoms with Crippen molar-refractivity contribution >= 4 is 57.5 Å². The molecule has 0 saturated carbocycles. The van der Waals surface area contributed by atoms with E-state index >= 15 is 0 Å². The molecule has 1 heterocycles. The standard InChI is InChI=1S/C18H14Cl2F3N3O2S/c1-10-9-24-17(29-10)26(12-3-5-13(6-4-12)28-18(21,22)23)16(27)25-11-2-7-14(19)15(20)8-11/h2-8,10H,9H2,1H3,(H,25,27). The van der Waals surface area contributed by atoms with Crippen molar-refractivity contribution in [3.05, 3.63) is 52.5 Å². The second-order valence-electron chi connectivity index (χ2n) is 5.99. The van der Waals surface area contributed by atoms with Crippen LogP contribution in [0.3, 0.4) is 0 Å². The number of amidine groups is 1. The van der Waals surface area contributed by atoms with Gasteiger partial charge in [-0.2, -0.15) is 0 Å². The molecule has 0 fully saturated rings. The molecule has 2 amide bonds. The van der Waals surface area contributed by atoms with Gasteiger partial charge in [-0.25, -0.2) is 9.69 Å². The van der Waals surface area contributed by atoms with Crippen molar-refractivity contribution in [1.29, 1.82) is 0 Å². The third-order valence-corrected chi connectivity index (χ3v) is 5.50. The maximum absolute atomic E-state index is 13.0. The Labute approximate surface area is 178 Å². The zero-order chi connectivity index (χ0) is 21.2. The normalized spacial score (nSPS) is 16.3. The van der Waals surface area contributed by atoms with Gasteiger partial charge in [-0.05, 0) is 42.5 Å². The predicted octanol–water partition coefficient (Wildman–Crippen LogP) is 6.42. The van der Waals surface area contributed by atoms with Crippen LogP contribution in [0.15, 0.2) is 47.5 Å². The van der Waals surface area contributed by atoms with Gasteiger partial charge in [0.1, 0.15) is 5.75 Å². The Morgan fingerprint density at radius 3 is 2.45 bits per heavy atom. The molecule has 2 aromatic carbocycles. The van der Waals surface area contributed by atoms with Crippen LogP contribution >= 0.6 is 35.0 Å². The van der Waals surface area contributed by atoms with E-state index < -0.39 is 12.4 Å². The Kier molecular flexibility index (Phi) is 6.50. The number of nitrogens with one attached hydrogen (secondary N) is 1. The Bertz CT molecular complexity index is 939. The van der Waals surface area contributed by atoms with Crippen LogP contribution in [0, 0.1) is 0 Å². The van der Waals surface area contributed by atoms with Crippen molar-refractivity contribution < 1.29 is 22.7 Å². The molecule has 29 heavy (non-hydrogen) atoms. The zero-order valence-electron chi connectivity index (χ0n) is 14.8. The maximum Gasteiger partial charge on any atom is 0.573 e. The smallest absolute Gasteiger partial charge is 0.406 e. The van der Waals surface area contributed by atoms with Crippen LogP contribution in [-0.4, -0.2) is 29.4 Å². The quantitative estimate of drug-likeness (QED) is 0.570. The van der Waals surface area contributed by atoms with Crippen molar-refractivity contribution in [2.45, 2.75) is 18.5 Å². The summed E-state index contributed by atoms with van der Waals surface area (Å²) in [6, 6.07) is 9.02. The molecule has 0 aliphatic carbocycles. The lowest BCUT2D eigenvalue weighted by Gasteiger charge is -2.23. The fourth-order valence-corrected chi connectivity index (χ4v) is 3.70. The van der Waals surface area contributed by atoms with Gasteiger partial charge in [-0.3, -0.25) is 4.99 Å². The van der Waals surface area contributed by atoms with Crippen molar-refractivity contribution in [3.63, 3.8) is 0 Å². The molecular formula is C18H14Cl2F3N3O2S. The third kappa shape index (κ3) is 5.71. The van der Waals surface area contributed by atoms with Gasteiger partial charge in [0.2, 0.25) is 0 Å². The summed E-state index contributed by atoms with van der Waals surface area (Å²) in [6.07, 6.45) is -4.80. The number of carbonyl (C=O) groups excluding carboxylic acids is 1. The molecule has 154 valence electrons. The molecule has 11 heteroatoms. The first-order valence-corrected chi connectivity index (χ1v) is 9.89. The number of hydrogen-bond donors (Lipinski definition) is 1. The van der Waals surface area contributed by atoms with Crippen LogP contribution in [0.5, 0.6) is 5.75 Å². The summed E-state index contributed by atoms with van der Waals surface area (Å²) in [5, 5.41) is 3.90. The Balaban J connectivity index is 1.86. The number of benzene rings is 2. The summed E-state index contributed by atoms with van der Waals surface area (Å²) in [7, 11) is 0. The van der Waals surface area contributed by atoms with Crippen LogP contribution in [0.25, 0.3) is 0 Å². The summed E-state index contributed by atoms with van der Waals surface area (Å²) < 4.78 is 41.0. The number of ether oxygens (including phenoxy) is 1. The highest BCUT2D eigenvalue weighted by atomic mass is 35.5. The number of anilines is 2. The molecule has 1 aliphatic heterocycles. The van der Waals surface area contributed by atoms with E-state index in [9.17, 15) is 18.0 Å². The van der Waals surface area contributed by atoms with Crippen molar-refractivity contribution in [1.82, 2.24) is 0 Å². The number of rotatable bonds is 3. The van der Waals surface area contributed by atoms with Gasteiger partial charge in [0.15, 0.2) is 5.17 Å². The molecule has 0 spiro atoms. The first kappa shape index (κ1) is 21.6. The SMILES string of the molecule is CC1CN=C(N(C(=O)Nc2ccc(Cl)c(Cl)c2)c2ccc(OC(F)(F)F)cc2)S1. The highest BCUT2D eigenvalue weighted by Gasteiger charge is 2.32. The minimum Gasteiger partial charge on any atom is -0.406 e. The van der Waals surface area contributed by atoms with Crippen LogP contribution in [0.1, 0.15) is 6.92 Å². The first-order chi connectivity index (χ1) is 13.6. The van der Waals surface area contributed by atoms with Crippen molar-refractivity contribution in [2.24, 2.45) is 4.99 Å². The maximum atomic E-state index is 13.0. The molecule has 0 bridgehead atoms. The molecule has 1 unspecified atom stereocenters. The number of aliphatic imine (C=N–C) groups is 1. The molecule has 1 atom stereocenters. The zero-order valence-corrected chi connectivity index (χ0v) is 17.2. The molecule has 0 radical (unpaired) electrons. The number of alkyl halides is 3. The lowest BCUT2D eigenvalue weighted by molar-refractivity contribution is -0.274. The second kappa shape index (κ2) is 8.73. The van der Waals surface area contributed by atoms with E-state index in [2.05, 4.69) is 15.0 Å². The number of hydrogen-bond acceptors (Lipinski definition) is 4. The van der Waals surface area contributed by atoms with Gasteiger partial charge >= 0.3 is 12.4 Å². The minimum absolute atomic E-state index is 0.165.